The second kappa shape index (κ2) is 6.12. The maximum absolute atomic E-state index is 13.6. The van der Waals surface area contributed by atoms with E-state index in [1.165, 1.54) is 18.2 Å². The van der Waals surface area contributed by atoms with E-state index in [4.69, 9.17) is 9.26 Å². The Labute approximate surface area is 129 Å². The number of rotatable bonds is 4. The fourth-order valence-electron chi connectivity index (χ4n) is 1.98. The summed E-state index contributed by atoms with van der Waals surface area (Å²) >= 11 is 0. The molecule has 0 saturated carbocycles. The lowest BCUT2D eigenvalue weighted by atomic mass is 10.2. The van der Waals surface area contributed by atoms with Crippen LogP contribution in [0.1, 0.15) is 11.4 Å². The molecule has 0 fully saturated rings. The lowest BCUT2D eigenvalue weighted by Gasteiger charge is -2.05. The molecule has 3 rings (SSSR count). The fraction of sp³-hybridized carbons (Fsp3) is 0.125. The molecule has 0 aliphatic carbocycles. The number of halogens is 3. The van der Waals surface area contributed by atoms with E-state index in [-0.39, 0.29) is 24.1 Å². The van der Waals surface area contributed by atoms with Crippen LogP contribution in [0, 0.1) is 24.4 Å². The van der Waals surface area contributed by atoms with Crippen LogP contribution in [-0.4, -0.2) is 10.1 Å². The summed E-state index contributed by atoms with van der Waals surface area (Å²) in [6.07, 6.45) is 0. The first-order valence-corrected chi connectivity index (χ1v) is 6.70. The van der Waals surface area contributed by atoms with Gasteiger partial charge in [0, 0.05) is 0 Å². The van der Waals surface area contributed by atoms with Crippen molar-refractivity contribution in [2.75, 3.05) is 0 Å². The van der Waals surface area contributed by atoms with E-state index >= 15 is 0 Å². The van der Waals surface area contributed by atoms with Crippen LogP contribution in [0.4, 0.5) is 13.2 Å². The van der Waals surface area contributed by atoms with Crippen LogP contribution >= 0.6 is 0 Å². The molecule has 0 N–H and O–H groups in total. The molecule has 0 spiro atoms. The Morgan fingerprint density at radius 2 is 1.78 bits per heavy atom. The number of aryl methyl sites for hydroxylation is 1. The van der Waals surface area contributed by atoms with E-state index in [0.717, 1.165) is 17.7 Å². The lowest BCUT2D eigenvalue weighted by Crippen LogP contribution is -2.00. The Hall–Kier alpha value is -2.83. The second-order valence-electron chi connectivity index (χ2n) is 4.83. The third kappa shape index (κ3) is 3.18. The third-order valence-electron chi connectivity index (χ3n) is 3.09. The van der Waals surface area contributed by atoms with Gasteiger partial charge in [0.1, 0.15) is 17.2 Å². The molecule has 0 aliphatic rings. The van der Waals surface area contributed by atoms with Crippen molar-refractivity contribution in [3.05, 3.63) is 65.2 Å². The van der Waals surface area contributed by atoms with Crippen LogP contribution in [-0.2, 0) is 6.61 Å². The summed E-state index contributed by atoms with van der Waals surface area (Å²) in [6.45, 7) is 1.60. The molecule has 0 radical (unpaired) electrons. The monoisotopic (exact) mass is 320 g/mol. The Morgan fingerprint density at radius 3 is 2.52 bits per heavy atom. The normalized spacial score (nSPS) is 10.8. The maximum Gasteiger partial charge on any atom is 0.264 e. The zero-order valence-electron chi connectivity index (χ0n) is 12.0. The molecule has 0 atom stereocenters. The number of benzene rings is 2. The Kier molecular flexibility index (Phi) is 4.01. The van der Waals surface area contributed by atoms with Crippen molar-refractivity contribution in [2.45, 2.75) is 13.5 Å². The van der Waals surface area contributed by atoms with Gasteiger partial charge in [-0.1, -0.05) is 17.3 Å². The van der Waals surface area contributed by atoms with E-state index in [9.17, 15) is 13.2 Å². The number of aromatic nitrogens is 2. The molecule has 23 heavy (non-hydrogen) atoms. The van der Waals surface area contributed by atoms with Gasteiger partial charge in [0.15, 0.2) is 18.2 Å². The highest BCUT2D eigenvalue weighted by Crippen LogP contribution is 2.25. The van der Waals surface area contributed by atoms with Crippen molar-refractivity contribution in [1.82, 2.24) is 10.1 Å². The van der Waals surface area contributed by atoms with Crippen molar-refractivity contribution >= 4 is 0 Å². The van der Waals surface area contributed by atoms with E-state index in [2.05, 4.69) is 10.1 Å². The summed E-state index contributed by atoms with van der Waals surface area (Å²) in [5.41, 5.74) is 0.414. The molecule has 1 aromatic heterocycles. The number of hydrogen-bond donors (Lipinski definition) is 0. The Morgan fingerprint density at radius 1 is 1.04 bits per heavy atom. The molecule has 0 saturated heterocycles. The predicted octanol–water partition coefficient (Wildman–Crippen LogP) is 4.04. The second-order valence-corrected chi connectivity index (χ2v) is 4.83. The number of hydrogen-bond acceptors (Lipinski definition) is 4. The molecule has 4 nitrogen and oxygen atoms in total. The average molecular weight is 320 g/mol. The maximum atomic E-state index is 13.6. The van der Waals surface area contributed by atoms with Crippen molar-refractivity contribution in [1.29, 1.82) is 0 Å². The van der Waals surface area contributed by atoms with E-state index in [1.54, 1.807) is 13.0 Å². The van der Waals surface area contributed by atoms with Gasteiger partial charge < -0.3 is 9.26 Å². The van der Waals surface area contributed by atoms with Crippen LogP contribution < -0.4 is 4.74 Å². The predicted molar refractivity (Wildman–Crippen MR) is 75.1 cm³/mol. The molecule has 0 amide bonds. The third-order valence-corrected chi connectivity index (χ3v) is 3.09. The average Bonchev–Trinajstić information content (AvgIpc) is 2.96. The smallest absolute Gasteiger partial charge is 0.264 e. The van der Waals surface area contributed by atoms with Gasteiger partial charge in [-0.2, -0.15) is 4.98 Å². The van der Waals surface area contributed by atoms with Crippen LogP contribution in [0.2, 0.25) is 0 Å². The standard InChI is InChI=1S/C16H11F3N2O2/c1-9-5-6-10(17)13(7-9)22-8-14-20-16(23-21-14)15-11(18)3-2-4-12(15)19/h2-7H,8H2,1H3. The highest BCUT2D eigenvalue weighted by atomic mass is 19.1. The first-order valence-electron chi connectivity index (χ1n) is 6.70. The molecule has 118 valence electrons. The number of nitrogens with zero attached hydrogens (tertiary/aromatic N) is 2. The van der Waals surface area contributed by atoms with Gasteiger partial charge >= 0.3 is 0 Å². The van der Waals surface area contributed by atoms with E-state index in [1.807, 2.05) is 0 Å². The molecule has 0 unspecified atom stereocenters. The van der Waals surface area contributed by atoms with Crippen molar-refractivity contribution in [3.63, 3.8) is 0 Å². The Balaban J connectivity index is 1.79. The van der Waals surface area contributed by atoms with Gasteiger partial charge in [-0.3, -0.25) is 0 Å². The summed E-state index contributed by atoms with van der Waals surface area (Å²) in [6, 6.07) is 7.81. The van der Waals surface area contributed by atoms with Crippen molar-refractivity contribution < 1.29 is 22.4 Å². The Bertz CT molecular complexity index is 829. The summed E-state index contributed by atoms with van der Waals surface area (Å²) in [4.78, 5) is 3.86. The zero-order chi connectivity index (χ0) is 16.4. The van der Waals surface area contributed by atoms with E-state index < -0.39 is 23.0 Å². The van der Waals surface area contributed by atoms with Crippen molar-refractivity contribution in [3.8, 4) is 17.2 Å². The van der Waals surface area contributed by atoms with Crippen LogP contribution in [0.25, 0.3) is 11.5 Å². The minimum atomic E-state index is -0.814. The molecular formula is C16H11F3N2O2. The molecular weight excluding hydrogens is 309 g/mol. The van der Waals surface area contributed by atoms with Gasteiger partial charge in [0.05, 0.1) is 0 Å². The first kappa shape index (κ1) is 15.1. The van der Waals surface area contributed by atoms with Gasteiger partial charge in [0.2, 0.25) is 5.82 Å². The quantitative estimate of drug-likeness (QED) is 0.728. The molecule has 1 heterocycles. The summed E-state index contributed by atoms with van der Waals surface area (Å²) in [5, 5.41) is 3.58. The van der Waals surface area contributed by atoms with E-state index in [0.29, 0.717) is 0 Å². The molecule has 0 bridgehead atoms. The largest absolute Gasteiger partial charge is 0.482 e. The van der Waals surface area contributed by atoms with Gasteiger partial charge in [-0.25, -0.2) is 13.2 Å². The highest BCUT2D eigenvalue weighted by Gasteiger charge is 2.18. The molecule has 7 heteroatoms. The van der Waals surface area contributed by atoms with Gasteiger partial charge in [-0.05, 0) is 36.8 Å². The minimum absolute atomic E-state index is 0.0356. The van der Waals surface area contributed by atoms with Gasteiger partial charge in [-0.15, -0.1) is 0 Å². The topological polar surface area (TPSA) is 48.2 Å². The van der Waals surface area contributed by atoms with Crippen LogP contribution in [0.5, 0.6) is 5.75 Å². The SMILES string of the molecule is Cc1ccc(F)c(OCc2noc(-c3c(F)cccc3F)n2)c1. The zero-order valence-corrected chi connectivity index (χ0v) is 12.0. The van der Waals surface area contributed by atoms with Gasteiger partial charge in [0.25, 0.3) is 5.89 Å². The summed E-state index contributed by atoms with van der Waals surface area (Å²) < 4.78 is 51.0. The molecule has 2 aromatic carbocycles. The van der Waals surface area contributed by atoms with Crippen LogP contribution in [0.15, 0.2) is 40.9 Å². The van der Waals surface area contributed by atoms with Crippen LogP contribution in [0.3, 0.4) is 0 Å². The highest BCUT2D eigenvalue weighted by molar-refractivity contribution is 5.54. The lowest BCUT2D eigenvalue weighted by molar-refractivity contribution is 0.273. The first-order chi connectivity index (χ1) is 11.0. The number of ether oxygens (including phenoxy) is 1. The molecule has 0 aliphatic heterocycles. The molecule has 3 aromatic rings. The fourth-order valence-corrected chi connectivity index (χ4v) is 1.98. The summed E-state index contributed by atoms with van der Waals surface area (Å²) in [5.74, 6) is -2.38. The minimum Gasteiger partial charge on any atom is -0.482 e. The van der Waals surface area contributed by atoms with Crippen molar-refractivity contribution in [2.24, 2.45) is 0 Å². The summed E-state index contributed by atoms with van der Waals surface area (Å²) in [7, 11) is 0.